The first-order valence-corrected chi connectivity index (χ1v) is 24.2. The van der Waals surface area contributed by atoms with E-state index in [2.05, 4.69) is 228 Å². The van der Waals surface area contributed by atoms with Gasteiger partial charge in [-0.1, -0.05) is 155 Å². The van der Waals surface area contributed by atoms with Gasteiger partial charge in [-0.05, 0) is 178 Å². The van der Waals surface area contributed by atoms with Crippen molar-refractivity contribution in [3.63, 3.8) is 0 Å². The highest BCUT2D eigenvalue weighted by Crippen LogP contribution is 2.58. The molecular weight excluding hydrogens is 773 g/mol. The molecule has 0 amide bonds. The van der Waals surface area contributed by atoms with Crippen molar-refractivity contribution in [2.24, 2.45) is 0 Å². The van der Waals surface area contributed by atoms with Crippen molar-refractivity contribution < 1.29 is 0 Å². The summed E-state index contributed by atoms with van der Waals surface area (Å²) in [5, 5.41) is 5.23. The van der Waals surface area contributed by atoms with Crippen LogP contribution in [0, 0.1) is 13.8 Å². The molecule has 0 unspecified atom stereocenters. The average molecular weight is 845 g/mol. The fraction of sp³-hybridized carbons (Fsp3) is 0.387. The summed E-state index contributed by atoms with van der Waals surface area (Å²) < 4.78 is 0. The van der Waals surface area contributed by atoms with E-state index in [0.717, 1.165) is 25.7 Å². The Morgan fingerprint density at radius 2 is 0.656 bits per heavy atom. The summed E-state index contributed by atoms with van der Waals surface area (Å²) in [5.74, 6) is 0.917. The molecule has 330 valence electrons. The number of anilines is 6. The smallest absolute Gasteiger partial charge is 0.0580 e. The van der Waals surface area contributed by atoms with Gasteiger partial charge in [0.25, 0.3) is 0 Å². The third kappa shape index (κ3) is 7.53. The maximum Gasteiger partial charge on any atom is 0.0580 e. The van der Waals surface area contributed by atoms with Gasteiger partial charge < -0.3 is 9.80 Å². The van der Waals surface area contributed by atoms with Crippen molar-refractivity contribution in [2.45, 2.75) is 156 Å². The molecule has 0 saturated carbocycles. The van der Waals surface area contributed by atoms with E-state index in [-0.39, 0.29) is 21.7 Å². The highest BCUT2D eigenvalue weighted by Gasteiger charge is 2.43. The summed E-state index contributed by atoms with van der Waals surface area (Å²) in [7, 11) is 0. The molecule has 0 saturated heterocycles. The second-order valence-electron chi connectivity index (χ2n) is 23.0. The van der Waals surface area contributed by atoms with Gasteiger partial charge in [0, 0.05) is 33.5 Å². The maximum absolute atomic E-state index is 2.61. The third-order valence-electron chi connectivity index (χ3n) is 15.6. The molecular formula is C62H72N2. The normalized spacial score (nSPS) is 17.1. The second-order valence-corrected chi connectivity index (χ2v) is 23.0. The van der Waals surface area contributed by atoms with Crippen molar-refractivity contribution >= 4 is 55.7 Å². The zero-order valence-electron chi connectivity index (χ0n) is 41.4. The Bertz CT molecular complexity index is 2670. The third-order valence-corrected chi connectivity index (χ3v) is 15.6. The van der Waals surface area contributed by atoms with E-state index >= 15 is 0 Å². The molecule has 0 heterocycles. The van der Waals surface area contributed by atoms with Crippen LogP contribution in [-0.2, 0) is 21.7 Å². The van der Waals surface area contributed by atoms with Crippen molar-refractivity contribution in [2.75, 3.05) is 9.80 Å². The number of aryl methyl sites for hydroxylation is 2. The van der Waals surface area contributed by atoms with Crippen molar-refractivity contribution in [1.29, 1.82) is 0 Å². The minimum atomic E-state index is -0.0401. The van der Waals surface area contributed by atoms with Gasteiger partial charge in [-0.15, -0.1) is 0 Å². The van der Waals surface area contributed by atoms with Gasteiger partial charge in [-0.3, -0.25) is 0 Å². The van der Waals surface area contributed by atoms with Crippen LogP contribution >= 0.6 is 0 Å². The molecule has 0 aromatic heterocycles. The zero-order valence-corrected chi connectivity index (χ0v) is 41.4. The van der Waals surface area contributed by atoms with E-state index in [0.29, 0.717) is 11.8 Å². The molecule has 64 heavy (non-hydrogen) atoms. The lowest BCUT2D eigenvalue weighted by atomic mass is 9.61. The maximum atomic E-state index is 2.61. The number of nitrogens with zero attached hydrogens (tertiary/aromatic N) is 2. The first kappa shape index (κ1) is 43.9. The Hall–Kier alpha value is -5.34. The Balaban J connectivity index is 1.46. The van der Waals surface area contributed by atoms with Crippen molar-refractivity contribution in [1.82, 2.24) is 0 Å². The molecule has 0 bridgehead atoms. The molecule has 0 aliphatic heterocycles. The van der Waals surface area contributed by atoms with Gasteiger partial charge in [0.1, 0.15) is 0 Å². The van der Waals surface area contributed by atoms with E-state index in [4.69, 9.17) is 0 Å². The number of hydrogen-bond donors (Lipinski definition) is 0. The van der Waals surface area contributed by atoms with Crippen LogP contribution in [0.4, 0.5) is 34.1 Å². The fourth-order valence-corrected chi connectivity index (χ4v) is 11.2. The Morgan fingerprint density at radius 3 is 0.953 bits per heavy atom. The first-order valence-electron chi connectivity index (χ1n) is 24.2. The zero-order chi connectivity index (χ0) is 45.7. The average Bonchev–Trinajstić information content (AvgIpc) is 3.25. The lowest BCUT2D eigenvalue weighted by Crippen LogP contribution is -2.36. The molecule has 7 aromatic rings. The molecule has 2 heteroatoms. The largest absolute Gasteiger partial charge is 0.310 e. The lowest BCUT2D eigenvalue weighted by Gasteiger charge is -2.46. The highest BCUT2D eigenvalue weighted by molar-refractivity contribution is 6.13. The molecule has 2 aliphatic carbocycles. The van der Waals surface area contributed by atoms with Crippen LogP contribution in [0.3, 0.4) is 0 Å². The summed E-state index contributed by atoms with van der Waals surface area (Å²) in [4.78, 5) is 5.22. The van der Waals surface area contributed by atoms with Gasteiger partial charge in [0.15, 0.2) is 0 Å². The van der Waals surface area contributed by atoms with Gasteiger partial charge in [0.05, 0.1) is 11.4 Å². The Morgan fingerprint density at radius 1 is 0.375 bits per heavy atom. The SMILES string of the molecule is Cc1ccc(N(c2ccc(C(C)C)cc2)c2c3c(cc4cc5c(N(c6ccc(C)cc6)c6ccc(C(C)C)cc6)c6c(cc5cc24)C(C)(C)CCC6(C)C)C(C)(C)CCC3(C)C)cc1. The second kappa shape index (κ2) is 15.7. The van der Waals surface area contributed by atoms with Crippen LogP contribution in [-0.4, -0.2) is 0 Å². The van der Waals surface area contributed by atoms with Crippen LogP contribution in [0.15, 0.2) is 121 Å². The van der Waals surface area contributed by atoms with Gasteiger partial charge in [-0.2, -0.15) is 0 Å². The Labute approximate surface area is 385 Å². The van der Waals surface area contributed by atoms with E-state index < -0.39 is 0 Å². The van der Waals surface area contributed by atoms with E-state index in [1.54, 1.807) is 0 Å². The van der Waals surface area contributed by atoms with E-state index in [1.807, 2.05) is 0 Å². The first-order chi connectivity index (χ1) is 30.2. The van der Waals surface area contributed by atoms with Crippen LogP contribution in [0.1, 0.15) is 165 Å². The minimum absolute atomic E-state index is 0.0000113. The lowest BCUT2D eigenvalue weighted by molar-refractivity contribution is 0.333. The van der Waals surface area contributed by atoms with Crippen molar-refractivity contribution in [3.05, 3.63) is 166 Å². The quantitative estimate of drug-likeness (QED) is 0.141. The minimum Gasteiger partial charge on any atom is -0.310 e. The predicted molar refractivity (Wildman–Crippen MR) is 279 cm³/mol. The predicted octanol–water partition coefficient (Wildman–Crippen LogP) is 18.5. The highest BCUT2D eigenvalue weighted by atomic mass is 15.2. The molecule has 0 spiro atoms. The molecule has 0 N–H and O–H groups in total. The van der Waals surface area contributed by atoms with Crippen LogP contribution in [0.25, 0.3) is 21.5 Å². The van der Waals surface area contributed by atoms with Crippen LogP contribution < -0.4 is 9.80 Å². The summed E-state index contributed by atoms with van der Waals surface area (Å²) in [6, 6.07) is 47.7. The molecule has 0 atom stereocenters. The summed E-state index contributed by atoms with van der Waals surface area (Å²) in [6.45, 7) is 33.5. The molecule has 2 nitrogen and oxygen atoms in total. The van der Waals surface area contributed by atoms with Crippen molar-refractivity contribution in [3.8, 4) is 0 Å². The van der Waals surface area contributed by atoms with Gasteiger partial charge >= 0.3 is 0 Å². The van der Waals surface area contributed by atoms with Crippen LogP contribution in [0.5, 0.6) is 0 Å². The van der Waals surface area contributed by atoms with Crippen LogP contribution in [0.2, 0.25) is 0 Å². The van der Waals surface area contributed by atoms with E-state index in [1.165, 1.54) is 100 Å². The molecule has 9 rings (SSSR count). The summed E-state index contributed by atoms with van der Waals surface area (Å²) in [5.41, 5.74) is 18.5. The van der Waals surface area contributed by atoms with Gasteiger partial charge in [-0.25, -0.2) is 0 Å². The summed E-state index contributed by atoms with van der Waals surface area (Å²) >= 11 is 0. The number of fused-ring (bicyclic) bond motifs is 4. The Kier molecular flexibility index (Phi) is 10.8. The fourth-order valence-electron chi connectivity index (χ4n) is 11.2. The molecule has 7 aromatic carbocycles. The number of rotatable bonds is 8. The molecule has 0 fully saturated rings. The standard InChI is InChI=1S/C62H72N2/c1-39(2)43-19-27-49(28-20-43)63(47-23-15-41(5)16-24-47)57-51-35-46-38-54-56(62(13,14)34-32-60(54,9)10)58(52(46)36-45(51)37-53-55(57)61(11,12)33-31-59(53,7)8)64(48-25-17-42(6)18-26-48)50-29-21-44(22-30-50)40(3)4/h15-30,35-40H,31-34H2,1-14H3. The topological polar surface area (TPSA) is 6.48 Å². The monoisotopic (exact) mass is 845 g/mol. The number of benzene rings is 7. The molecule has 0 radical (unpaired) electrons. The molecule has 2 aliphatic rings. The number of hydrogen-bond acceptors (Lipinski definition) is 2. The summed E-state index contributed by atoms with van der Waals surface area (Å²) in [6.07, 6.45) is 4.56. The van der Waals surface area contributed by atoms with Gasteiger partial charge in [0.2, 0.25) is 0 Å². The van der Waals surface area contributed by atoms with E-state index in [9.17, 15) is 0 Å².